The molecule has 1 aliphatic rings. The Kier molecular flexibility index (Phi) is 4.59. The lowest BCUT2D eigenvalue weighted by Crippen LogP contribution is -2.09. The molecule has 1 saturated carbocycles. The highest BCUT2D eigenvalue weighted by atomic mass is 16.5. The second-order valence-corrected chi connectivity index (χ2v) is 3.70. The highest BCUT2D eigenvalue weighted by molar-refractivity contribution is 5.76. The van der Waals surface area contributed by atoms with Gasteiger partial charge in [-0.15, -0.1) is 0 Å². The molecule has 0 N–H and O–H groups in total. The van der Waals surface area contributed by atoms with Gasteiger partial charge < -0.3 is 9.47 Å². The first-order chi connectivity index (χ1) is 7.19. The summed E-state index contributed by atoms with van der Waals surface area (Å²) in [5.41, 5.74) is 0. The lowest BCUT2D eigenvalue weighted by molar-refractivity contribution is -0.146. The molecule has 0 bridgehead atoms. The minimum absolute atomic E-state index is 0.0272. The summed E-state index contributed by atoms with van der Waals surface area (Å²) < 4.78 is 9.70. The Morgan fingerprint density at radius 3 is 2.47 bits per heavy atom. The summed E-state index contributed by atoms with van der Waals surface area (Å²) in [5, 5.41) is 0. The van der Waals surface area contributed by atoms with E-state index in [-0.39, 0.29) is 17.9 Å². The molecule has 0 heterocycles. The van der Waals surface area contributed by atoms with Crippen molar-refractivity contribution in [3.63, 3.8) is 0 Å². The Morgan fingerprint density at radius 1 is 1.20 bits per heavy atom. The predicted molar refractivity (Wildman–Crippen MR) is 54.1 cm³/mol. The molecule has 0 spiro atoms. The SMILES string of the molecule is CCOC(=O)CCC1CC1C(=O)OCC. The minimum Gasteiger partial charge on any atom is -0.466 e. The first-order valence-electron chi connectivity index (χ1n) is 5.51. The third kappa shape index (κ3) is 3.90. The van der Waals surface area contributed by atoms with Crippen LogP contribution >= 0.6 is 0 Å². The van der Waals surface area contributed by atoms with Gasteiger partial charge >= 0.3 is 11.9 Å². The van der Waals surface area contributed by atoms with Crippen LogP contribution in [0, 0.1) is 11.8 Å². The van der Waals surface area contributed by atoms with Crippen LogP contribution in [-0.4, -0.2) is 25.2 Å². The molecule has 0 amide bonds. The molecule has 2 unspecified atom stereocenters. The van der Waals surface area contributed by atoms with Crippen molar-refractivity contribution in [2.24, 2.45) is 11.8 Å². The molecule has 15 heavy (non-hydrogen) atoms. The molecule has 0 aromatic heterocycles. The maximum absolute atomic E-state index is 11.2. The lowest BCUT2D eigenvalue weighted by Gasteiger charge is -2.01. The van der Waals surface area contributed by atoms with E-state index in [0.717, 1.165) is 12.8 Å². The van der Waals surface area contributed by atoms with Gasteiger partial charge in [0, 0.05) is 6.42 Å². The van der Waals surface area contributed by atoms with Crippen LogP contribution in [0.5, 0.6) is 0 Å². The summed E-state index contributed by atoms with van der Waals surface area (Å²) in [7, 11) is 0. The molecule has 4 heteroatoms. The first kappa shape index (κ1) is 12.0. The van der Waals surface area contributed by atoms with E-state index in [9.17, 15) is 9.59 Å². The summed E-state index contributed by atoms with van der Waals surface area (Å²) >= 11 is 0. The summed E-state index contributed by atoms with van der Waals surface area (Å²) in [6.07, 6.45) is 2.01. The van der Waals surface area contributed by atoms with Gasteiger partial charge in [0.15, 0.2) is 0 Å². The molecule has 1 rings (SSSR count). The normalized spacial score (nSPS) is 23.3. The van der Waals surface area contributed by atoms with Crippen LogP contribution in [0.15, 0.2) is 0 Å². The van der Waals surface area contributed by atoms with Crippen molar-refractivity contribution in [1.29, 1.82) is 0 Å². The van der Waals surface area contributed by atoms with Gasteiger partial charge in [0.1, 0.15) is 0 Å². The molecule has 2 atom stereocenters. The zero-order valence-electron chi connectivity index (χ0n) is 9.32. The average molecular weight is 214 g/mol. The maximum atomic E-state index is 11.2. The van der Waals surface area contributed by atoms with Crippen LogP contribution < -0.4 is 0 Å². The van der Waals surface area contributed by atoms with Gasteiger partial charge in [-0.25, -0.2) is 0 Å². The van der Waals surface area contributed by atoms with E-state index in [1.54, 1.807) is 13.8 Å². The topological polar surface area (TPSA) is 52.6 Å². The van der Waals surface area contributed by atoms with Crippen LogP contribution in [0.2, 0.25) is 0 Å². The molecule has 0 saturated heterocycles. The number of rotatable bonds is 6. The van der Waals surface area contributed by atoms with Crippen molar-refractivity contribution < 1.29 is 19.1 Å². The molecular weight excluding hydrogens is 196 g/mol. The van der Waals surface area contributed by atoms with Crippen LogP contribution in [0.3, 0.4) is 0 Å². The Hall–Kier alpha value is -1.06. The molecule has 4 nitrogen and oxygen atoms in total. The second kappa shape index (κ2) is 5.73. The molecule has 0 aliphatic heterocycles. The molecule has 1 fully saturated rings. The van der Waals surface area contributed by atoms with Crippen molar-refractivity contribution in [3.8, 4) is 0 Å². The average Bonchev–Trinajstić information content (AvgIpc) is 2.95. The quantitative estimate of drug-likeness (QED) is 0.629. The van der Waals surface area contributed by atoms with Gasteiger partial charge in [-0.3, -0.25) is 9.59 Å². The molecule has 1 aliphatic carbocycles. The summed E-state index contributed by atoms with van der Waals surface area (Å²) in [4.78, 5) is 22.3. The largest absolute Gasteiger partial charge is 0.466 e. The first-order valence-corrected chi connectivity index (χ1v) is 5.51. The zero-order valence-corrected chi connectivity index (χ0v) is 9.32. The van der Waals surface area contributed by atoms with Crippen molar-refractivity contribution in [1.82, 2.24) is 0 Å². The second-order valence-electron chi connectivity index (χ2n) is 3.70. The van der Waals surface area contributed by atoms with Crippen LogP contribution in [0.4, 0.5) is 0 Å². The molecule has 0 aromatic rings. The monoisotopic (exact) mass is 214 g/mol. The smallest absolute Gasteiger partial charge is 0.309 e. The zero-order chi connectivity index (χ0) is 11.3. The van der Waals surface area contributed by atoms with E-state index in [4.69, 9.17) is 9.47 Å². The third-order valence-electron chi connectivity index (χ3n) is 2.54. The number of esters is 2. The predicted octanol–water partition coefficient (Wildman–Crippen LogP) is 1.53. The van der Waals surface area contributed by atoms with Crippen molar-refractivity contribution in [2.45, 2.75) is 33.1 Å². The van der Waals surface area contributed by atoms with E-state index in [1.807, 2.05) is 0 Å². The third-order valence-corrected chi connectivity index (χ3v) is 2.54. The van der Waals surface area contributed by atoms with Gasteiger partial charge in [0.05, 0.1) is 19.1 Å². The Balaban J connectivity index is 2.11. The molecule has 86 valence electrons. The highest BCUT2D eigenvalue weighted by Gasteiger charge is 2.43. The summed E-state index contributed by atoms with van der Waals surface area (Å²) in [6.45, 7) is 4.44. The van der Waals surface area contributed by atoms with E-state index < -0.39 is 0 Å². The van der Waals surface area contributed by atoms with E-state index in [2.05, 4.69) is 0 Å². The van der Waals surface area contributed by atoms with Gasteiger partial charge in [-0.05, 0) is 32.6 Å². The van der Waals surface area contributed by atoms with Crippen LogP contribution in [0.25, 0.3) is 0 Å². The van der Waals surface area contributed by atoms with E-state index in [1.165, 1.54) is 0 Å². The Bertz CT molecular complexity index is 237. The van der Waals surface area contributed by atoms with Crippen molar-refractivity contribution >= 4 is 11.9 Å². The standard InChI is InChI=1S/C11H18O4/c1-3-14-10(12)6-5-8-7-9(8)11(13)15-4-2/h8-9H,3-7H2,1-2H3. The number of hydrogen-bond acceptors (Lipinski definition) is 4. The fraction of sp³-hybridized carbons (Fsp3) is 0.818. The minimum atomic E-state index is -0.174. The summed E-state index contributed by atoms with van der Waals surface area (Å²) in [6, 6.07) is 0. The van der Waals surface area contributed by atoms with Crippen LogP contribution in [-0.2, 0) is 19.1 Å². The summed E-state index contributed by atoms with van der Waals surface area (Å²) in [5.74, 6) is 0.0613. The fourth-order valence-electron chi connectivity index (χ4n) is 1.64. The van der Waals surface area contributed by atoms with E-state index >= 15 is 0 Å². The number of ether oxygens (including phenoxy) is 2. The Morgan fingerprint density at radius 2 is 1.87 bits per heavy atom. The molecular formula is C11H18O4. The van der Waals surface area contributed by atoms with Gasteiger partial charge in [0.2, 0.25) is 0 Å². The fourth-order valence-corrected chi connectivity index (χ4v) is 1.64. The molecule has 0 radical (unpaired) electrons. The van der Waals surface area contributed by atoms with E-state index in [0.29, 0.717) is 25.6 Å². The Labute approximate surface area is 89.9 Å². The van der Waals surface area contributed by atoms with Gasteiger partial charge in [-0.2, -0.15) is 0 Å². The van der Waals surface area contributed by atoms with Gasteiger partial charge in [-0.1, -0.05) is 0 Å². The lowest BCUT2D eigenvalue weighted by atomic mass is 10.2. The van der Waals surface area contributed by atoms with Crippen molar-refractivity contribution in [3.05, 3.63) is 0 Å². The van der Waals surface area contributed by atoms with Crippen molar-refractivity contribution in [2.75, 3.05) is 13.2 Å². The highest BCUT2D eigenvalue weighted by Crippen LogP contribution is 2.42. The van der Waals surface area contributed by atoms with Gasteiger partial charge in [0.25, 0.3) is 0 Å². The van der Waals surface area contributed by atoms with Crippen LogP contribution in [0.1, 0.15) is 33.1 Å². The number of hydrogen-bond donors (Lipinski definition) is 0. The molecule has 0 aromatic carbocycles. The maximum Gasteiger partial charge on any atom is 0.309 e. The number of carbonyl (C=O) groups excluding carboxylic acids is 2. The number of carbonyl (C=O) groups is 2.